The van der Waals surface area contributed by atoms with Crippen molar-refractivity contribution in [2.45, 2.75) is 19.8 Å². The van der Waals surface area contributed by atoms with Crippen molar-refractivity contribution in [3.8, 4) is 0 Å². The fourth-order valence-electron chi connectivity index (χ4n) is 2.56. The molecule has 21 heavy (non-hydrogen) atoms. The van der Waals surface area contributed by atoms with Crippen LogP contribution in [0, 0.1) is 22.5 Å². The average Bonchev–Trinajstić information content (AvgIpc) is 2.86. The molecule has 0 amide bonds. The summed E-state index contributed by atoms with van der Waals surface area (Å²) in [4.78, 5) is 23.3. The molecular formula is C14H16F2N2O3. The molecule has 1 aliphatic heterocycles. The second-order valence-corrected chi connectivity index (χ2v) is 4.96. The zero-order valence-electron chi connectivity index (χ0n) is 11.6. The van der Waals surface area contributed by atoms with E-state index in [1.54, 1.807) is 11.8 Å². The highest BCUT2D eigenvalue weighted by molar-refractivity contribution is 5.70. The first-order valence-corrected chi connectivity index (χ1v) is 6.78. The van der Waals surface area contributed by atoms with E-state index in [-0.39, 0.29) is 29.7 Å². The lowest BCUT2D eigenvalue weighted by atomic mass is 10.1. The number of nitrogens with zero attached hydrogens (tertiary/aromatic N) is 2. The second kappa shape index (κ2) is 6.60. The highest BCUT2D eigenvalue weighted by Crippen LogP contribution is 2.32. The summed E-state index contributed by atoms with van der Waals surface area (Å²) in [5.41, 5.74) is -0.454. The van der Waals surface area contributed by atoms with Gasteiger partial charge in [0.2, 0.25) is 0 Å². The molecule has 1 heterocycles. The predicted molar refractivity (Wildman–Crippen MR) is 73.4 cm³/mol. The zero-order chi connectivity index (χ0) is 15.4. The lowest BCUT2D eigenvalue weighted by molar-refractivity contribution is -0.144. The third-order valence-corrected chi connectivity index (χ3v) is 3.47. The van der Waals surface area contributed by atoms with Gasteiger partial charge in [0.15, 0.2) is 11.6 Å². The summed E-state index contributed by atoms with van der Waals surface area (Å²) >= 11 is 0. The number of esters is 1. The number of nitroso groups, excluding NO2 is 1. The van der Waals surface area contributed by atoms with Gasteiger partial charge in [0.1, 0.15) is 11.4 Å². The Morgan fingerprint density at radius 3 is 2.67 bits per heavy atom. The van der Waals surface area contributed by atoms with Crippen molar-refractivity contribution in [3.05, 3.63) is 28.7 Å². The summed E-state index contributed by atoms with van der Waals surface area (Å²) in [6.45, 7) is 2.87. The fraction of sp³-hybridized carbons (Fsp3) is 0.500. The van der Waals surface area contributed by atoms with Gasteiger partial charge in [-0.15, -0.1) is 4.91 Å². The van der Waals surface area contributed by atoms with Gasteiger partial charge in [-0.2, -0.15) is 0 Å². The topological polar surface area (TPSA) is 59.0 Å². The Labute approximate surface area is 120 Å². The lowest BCUT2D eigenvalue weighted by Crippen LogP contribution is -2.23. The Balaban J connectivity index is 2.08. The van der Waals surface area contributed by atoms with Crippen LogP contribution in [0.15, 0.2) is 17.3 Å². The second-order valence-electron chi connectivity index (χ2n) is 4.96. The molecule has 1 saturated heterocycles. The molecule has 0 aliphatic carbocycles. The maximum Gasteiger partial charge on any atom is 0.306 e. The first kappa shape index (κ1) is 15.3. The van der Waals surface area contributed by atoms with Crippen molar-refractivity contribution in [1.29, 1.82) is 0 Å². The molecule has 0 aromatic heterocycles. The number of rotatable bonds is 5. The summed E-state index contributed by atoms with van der Waals surface area (Å²) in [7, 11) is 0. The SMILES string of the molecule is CCOC(=O)CC1CCN(c2c(F)cc(N=O)cc2F)C1. The zero-order valence-corrected chi connectivity index (χ0v) is 11.6. The van der Waals surface area contributed by atoms with Crippen molar-refractivity contribution in [3.63, 3.8) is 0 Å². The number of hydrogen-bond acceptors (Lipinski definition) is 5. The van der Waals surface area contributed by atoms with Crippen LogP contribution in [0.2, 0.25) is 0 Å². The molecule has 0 saturated carbocycles. The van der Waals surface area contributed by atoms with E-state index in [2.05, 4.69) is 5.18 Å². The van der Waals surface area contributed by atoms with Crippen molar-refractivity contribution in [2.24, 2.45) is 11.1 Å². The van der Waals surface area contributed by atoms with Crippen LogP contribution in [0.5, 0.6) is 0 Å². The van der Waals surface area contributed by atoms with Crippen LogP contribution < -0.4 is 4.90 Å². The van der Waals surface area contributed by atoms with Crippen molar-refractivity contribution < 1.29 is 18.3 Å². The maximum atomic E-state index is 13.9. The summed E-state index contributed by atoms with van der Waals surface area (Å²) in [6.07, 6.45) is 0.896. The van der Waals surface area contributed by atoms with Crippen LogP contribution >= 0.6 is 0 Å². The monoisotopic (exact) mass is 298 g/mol. The molecule has 0 spiro atoms. The molecular weight excluding hydrogens is 282 g/mol. The number of hydrogen-bond donors (Lipinski definition) is 0. The standard InChI is InChI=1S/C14H16F2N2O3/c1-2-21-13(19)5-9-3-4-18(8-9)14-11(15)6-10(17-20)7-12(14)16/h6-7,9H,2-5,8H2,1H3. The van der Waals surface area contributed by atoms with Crippen molar-refractivity contribution in [2.75, 3.05) is 24.6 Å². The quantitative estimate of drug-likeness (QED) is 0.619. The molecule has 5 nitrogen and oxygen atoms in total. The van der Waals surface area contributed by atoms with Crippen molar-refractivity contribution >= 4 is 17.3 Å². The van der Waals surface area contributed by atoms with Gasteiger partial charge in [0, 0.05) is 25.2 Å². The Morgan fingerprint density at radius 2 is 2.10 bits per heavy atom. The summed E-state index contributed by atoms with van der Waals surface area (Å²) in [5, 5.41) is 2.53. The van der Waals surface area contributed by atoms with E-state index in [0.717, 1.165) is 12.1 Å². The maximum absolute atomic E-state index is 13.9. The molecule has 114 valence electrons. The molecule has 7 heteroatoms. The van der Waals surface area contributed by atoms with E-state index in [9.17, 15) is 18.5 Å². The third-order valence-electron chi connectivity index (χ3n) is 3.47. The predicted octanol–water partition coefficient (Wildman–Crippen LogP) is 3.14. The number of anilines is 1. The lowest BCUT2D eigenvalue weighted by Gasteiger charge is -2.20. The first-order chi connectivity index (χ1) is 10.0. The Hall–Kier alpha value is -2.05. The van der Waals surface area contributed by atoms with Crippen LogP contribution in [0.3, 0.4) is 0 Å². The van der Waals surface area contributed by atoms with Crippen LogP contribution in [-0.2, 0) is 9.53 Å². The van der Waals surface area contributed by atoms with Gasteiger partial charge >= 0.3 is 5.97 Å². The molecule has 1 atom stereocenters. The van der Waals surface area contributed by atoms with E-state index in [1.165, 1.54) is 0 Å². The van der Waals surface area contributed by atoms with Gasteiger partial charge in [0.05, 0.1) is 13.0 Å². The van der Waals surface area contributed by atoms with E-state index < -0.39 is 11.6 Å². The highest BCUT2D eigenvalue weighted by Gasteiger charge is 2.29. The summed E-state index contributed by atoms with van der Waals surface area (Å²) < 4.78 is 32.6. The van der Waals surface area contributed by atoms with Crippen molar-refractivity contribution in [1.82, 2.24) is 0 Å². The normalized spacial score (nSPS) is 17.9. The number of halogens is 2. The van der Waals surface area contributed by atoms with Crippen LogP contribution in [0.4, 0.5) is 20.2 Å². The minimum absolute atomic E-state index is 0.00622. The molecule has 1 aromatic rings. The van der Waals surface area contributed by atoms with Crippen LogP contribution in [-0.4, -0.2) is 25.7 Å². The molecule has 0 bridgehead atoms. The average molecular weight is 298 g/mol. The minimum atomic E-state index is -0.818. The molecule has 0 N–H and O–H groups in total. The van der Waals surface area contributed by atoms with E-state index in [1.807, 2.05) is 0 Å². The van der Waals surface area contributed by atoms with Gasteiger partial charge in [-0.25, -0.2) is 8.78 Å². The van der Waals surface area contributed by atoms with Gasteiger partial charge in [-0.1, -0.05) is 0 Å². The Morgan fingerprint density at radius 1 is 1.43 bits per heavy atom. The largest absolute Gasteiger partial charge is 0.466 e. The fourth-order valence-corrected chi connectivity index (χ4v) is 2.56. The highest BCUT2D eigenvalue weighted by atomic mass is 19.1. The minimum Gasteiger partial charge on any atom is -0.466 e. The molecule has 1 aliphatic rings. The van der Waals surface area contributed by atoms with Crippen LogP contribution in [0.25, 0.3) is 0 Å². The molecule has 1 aromatic carbocycles. The van der Waals surface area contributed by atoms with Crippen LogP contribution in [0.1, 0.15) is 19.8 Å². The number of carbonyl (C=O) groups excluding carboxylic acids is 1. The molecule has 1 fully saturated rings. The smallest absolute Gasteiger partial charge is 0.306 e. The van der Waals surface area contributed by atoms with Gasteiger partial charge in [0.25, 0.3) is 0 Å². The van der Waals surface area contributed by atoms with Gasteiger partial charge in [-0.3, -0.25) is 4.79 Å². The molecule has 2 rings (SSSR count). The summed E-state index contributed by atoms with van der Waals surface area (Å²) in [6, 6.07) is 1.81. The number of carbonyl (C=O) groups is 1. The van der Waals surface area contributed by atoms with E-state index in [4.69, 9.17) is 4.74 Å². The van der Waals surface area contributed by atoms with E-state index in [0.29, 0.717) is 26.1 Å². The van der Waals surface area contributed by atoms with Gasteiger partial charge in [-0.05, 0) is 24.4 Å². The summed E-state index contributed by atoms with van der Waals surface area (Å²) in [5.74, 6) is -1.93. The molecule has 0 radical (unpaired) electrons. The van der Waals surface area contributed by atoms with E-state index >= 15 is 0 Å². The van der Waals surface area contributed by atoms with Gasteiger partial charge < -0.3 is 9.64 Å². The Bertz CT molecular complexity index is 528. The Kier molecular flexibility index (Phi) is 4.82. The third kappa shape index (κ3) is 3.53. The molecule has 1 unspecified atom stereocenters. The first-order valence-electron chi connectivity index (χ1n) is 6.78. The number of benzene rings is 1. The number of ether oxygens (including phenoxy) is 1.